The molecule has 2 N–H and O–H groups in total. The number of carbonyl (C=O) groups is 1. The first kappa shape index (κ1) is 15.5. The molecule has 0 bridgehead atoms. The Balaban J connectivity index is 2.89. The molecule has 0 heterocycles. The van der Waals surface area contributed by atoms with E-state index in [9.17, 15) is 29.5 Å². The maximum Gasteiger partial charge on any atom is 0.272 e. The molecule has 104 valence electrons. The van der Waals surface area contributed by atoms with Gasteiger partial charge in [0, 0.05) is 18.7 Å². The summed E-state index contributed by atoms with van der Waals surface area (Å²) in [6.07, 6.45) is -2.82. The Kier molecular flexibility index (Phi) is 5.40. The van der Waals surface area contributed by atoms with E-state index in [0.717, 1.165) is 23.9 Å². The van der Waals surface area contributed by atoms with Crippen LogP contribution in [0.4, 0.5) is 10.1 Å². The molecule has 0 aromatic heterocycles. The fourth-order valence-corrected chi connectivity index (χ4v) is 1.98. The van der Waals surface area contributed by atoms with Gasteiger partial charge in [0.15, 0.2) is 5.12 Å². The van der Waals surface area contributed by atoms with Crippen molar-refractivity contribution in [3.63, 3.8) is 0 Å². The van der Waals surface area contributed by atoms with Crippen LogP contribution in [0.25, 0.3) is 0 Å². The molecule has 0 saturated carbocycles. The predicted molar refractivity (Wildman–Crippen MR) is 67.2 cm³/mol. The molecule has 0 spiro atoms. The van der Waals surface area contributed by atoms with Crippen molar-refractivity contribution in [1.29, 1.82) is 0 Å². The van der Waals surface area contributed by atoms with Gasteiger partial charge < -0.3 is 10.2 Å². The number of carbonyl (C=O) groups excluding carboxylic acids is 1. The van der Waals surface area contributed by atoms with Gasteiger partial charge in [0.1, 0.15) is 11.9 Å². The van der Waals surface area contributed by atoms with Crippen molar-refractivity contribution in [2.45, 2.75) is 19.1 Å². The number of aliphatic hydroxyl groups is 2. The van der Waals surface area contributed by atoms with Crippen LogP contribution in [0.5, 0.6) is 0 Å². The minimum Gasteiger partial charge on any atom is -0.389 e. The van der Waals surface area contributed by atoms with Crippen molar-refractivity contribution >= 4 is 22.6 Å². The van der Waals surface area contributed by atoms with E-state index in [1.165, 1.54) is 6.92 Å². The van der Waals surface area contributed by atoms with Crippen molar-refractivity contribution in [2.75, 3.05) is 5.75 Å². The summed E-state index contributed by atoms with van der Waals surface area (Å²) in [5.74, 6) is -0.962. The number of nitro groups is 1. The summed E-state index contributed by atoms with van der Waals surface area (Å²) >= 11 is 0.801. The normalized spacial score (nSPS) is 13.9. The third kappa shape index (κ3) is 4.58. The van der Waals surface area contributed by atoms with E-state index in [1.807, 2.05) is 0 Å². The van der Waals surface area contributed by atoms with Gasteiger partial charge in [0.2, 0.25) is 0 Å². The van der Waals surface area contributed by atoms with E-state index in [4.69, 9.17) is 0 Å². The summed E-state index contributed by atoms with van der Waals surface area (Å²) in [6, 6.07) is 2.60. The molecule has 8 heteroatoms. The number of nitrogens with zero attached hydrogens (tertiary/aromatic N) is 1. The topological polar surface area (TPSA) is 101 Å². The Morgan fingerprint density at radius 3 is 2.63 bits per heavy atom. The van der Waals surface area contributed by atoms with E-state index >= 15 is 0 Å². The van der Waals surface area contributed by atoms with Crippen LogP contribution in [0.1, 0.15) is 18.6 Å². The number of rotatable bonds is 5. The van der Waals surface area contributed by atoms with E-state index in [0.29, 0.717) is 6.07 Å². The Morgan fingerprint density at radius 2 is 2.11 bits per heavy atom. The van der Waals surface area contributed by atoms with Crippen molar-refractivity contribution in [3.8, 4) is 0 Å². The zero-order valence-corrected chi connectivity index (χ0v) is 10.8. The standard InChI is InChI=1S/C11H12FNO5S/c1-6(14)19-5-10(15)11(16)7-2-8(12)4-9(3-7)13(17)18/h2-4,10-11,15-16H,5H2,1H3. The number of hydrogen-bond acceptors (Lipinski definition) is 6. The minimum absolute atomic E-state index is 0.0825. The zero-order chi connectivity index (χ0) is 14.6. The van der Waals surface area contributed by atoms with Gasteiger partial charge in [-0.25, -0.2) is 4.39 Å². The highest BCUT2D eigenvalue weighted by Crippen LogP contribution is 2.25. The monoisotopic (exact) mass is 289 g/mol. The second-order valence-corrected chi connectivity index (χ2v) is 5.01. The number of nitro benzene ring substituents is 1. The molecule has 2 unspecified atom stereocenters. The lowest BCUT2D eigenvalue weighted by Crippen LogP contribution is -2.21. The summed E-state index contributed by atoms with van der Waals surface area (Å²) in [7, 11) is 0. The fraction of sp³-hybridized carbons (Fsp3) is 0.364. The molecule has 6 nitrogen and oxygen atoms in total. The van der Waals surface area contributed by atoms with Crippen molar-refractivity contribution in [2.24, 2.45) is 0 Å². The molecule has 1 aromatic carbocycles. The van der Waals surface area contributed by atoms with E-state index in [2.05, 4.69) is 0 Å². The molecular weight excluding hydrogens is 277 g/mol. The summed E-state index contributed by atoms with van der Waals surface area (Å²) in [4.78, 5) is 20.5. The lowest BCUT2D eigenvalue weighted by atomic mass is 10.0. The third-order valence-electron chi connectivity index (χ3n) is 2.28. The maximum absolute atomic E-state index is 13.2. The second-order valence-electron chi connectivity index (χ2n) is 3.81. The van der Waals surface area contributed by atoms with Gasteiger partial charge in [0.05, 0.1) is 17.1 Å². The van der Waals surface area contributed by atoms with E-state index < -0.39 is 28.6 Å². The largest absolute Gasteiger partial charge is 0.389 e. The average molecular weight is 289 g/mol. The van der Waals surface area contributed by atoms with Crippen LogP contribution in [-0.4, -0.2) is 32.1 Å². The number of hydrogen-bond donors (Lipinski definition) is 2. The Hall–Kier alpha value is -1.51. The number of benzene rings is 1. The van der Waals surface area contributed by atoms with Crippen molar-refractivity contribution in [3.05, 3.63) is 39.7 Å². The van der Waals surface area contributed by atoms with Gasteiger partial charge in [-0.3, -0.25) is 14.9 Å². The second kappa shape index (κ2) is 6.60. The van der Waals surface area contributed by atoms with Crippen LogP contribution in [0.2, 0.25) is 0 Å². The molecule has 0 radical (unpaired) electrons. The fourth-order valence-electron chi connectivity index (χ4n) is 1.39. The summed E-state index contributed by atoms with van der Waals surface area (Å²) < 4.78 is 13.2. The van der Waals surface area contributed by atoms with Gasteiger partial charge in [-0.15, -0.1) is 0 Å². The molecule has 19 heavy (non-hydrogen) atoms. The van der Waals surface area contributed by atoms with Crippen LogP contribution in [0.3, 0.4) is 0 Å². The molecular formula is C11H12FNO5S. The maximum atomic E-state index is 13.2. The van der Waals surface area contributed by atoms with Crippen LogP contribution in [0, 0.1) is 15.9 Å². The molecule has 2 atom stereocenters. The molecule has 0 amide bonds. The zero-order valence-electron chi connectivity index (χ0n) is 9.95. The van der Waals surface area contributed by atoms with Gasteiger partial charge in [-0.2, -0.15) is 0 Å². The van der Waals surface area contributed by atoms with Gasteiger partial charge in [0.25, 0.3) is 5.69 Å². The molecule has 0 fully saturated rings. The molecule has 1 aromatic rings. The van der Waals surface area contributed by atoms with Gasteiger partial charge in [-0.05, 0) is 11.6 Å². The van der Waals surface area contributed by atoms with Crippen LogP contribution in [-0.2, 0) is 4.79 Å². The molecule has 0 saturated heterocycles. The third-order valence-corrected chi connectivity index (χ3v) is 3.19. The number of thioether (sulfide) groups is 1. The average Bonchev–Trinajstić information content (AvgIpc) is 2.34. The molecule has 0 aliphatic rings. The van der Waals surface area contributed by atoms with E-state index in [1.54, 1.807) is 0 Å². The minimum atomic E-state index is -1.50. The first-order valence-corrected chi connectivity index (χ1v) is 6.24. The van der Waals surface area contributed by atoms with Crippen LogP contribution in [0.15, 0.2) is 18.2 Å². The Morgan fingerprint density at radius 1 is 1.47 bits per heavy atom. The highest BCUT2D eigenvalue weighted by atomic mass is 32.2. The molecule has 0 aliphatic carbocycles. The van der Waals surface area contributed by atoms with Crippen molar-refractivity contribution in [1.82, 2.24) is 0 Å². The van der Waals surface area contributed by atoms with Gasteiger partial charge in [-0.1, -0.05) is 11.8 Å². The van der Waals surface area contributed by atoms with Gasteiger partial charge >= 0.3 is 0 Å². The summed E-state index contributed by atoms with van der Waals surface area (Å²) in [5.41, 5.74) is -0.621. The predicted octanol–water partition coefficient (Wildman–Crippen LogP) is 1.41. The van der Waals surface area contributed by atoms with Crippen LogP contribution >= 0.6 is 11.8 Å². The van der Waals surface area contributed by atoms with E-state index in [-0.39, 0.29) is 16.4 Å². The highest BCUT2D eigenvalue weighted by Gasteiger charge is 2.22. The SMILES string of the molecule is CC(=O)SCC(O)C(O)c1cc(F)cc([N+](=O)[O-])c1. The van der Waals surface area contributed by atoms with Crippen molar-refractivity contribution < 1.29 is 24.3 Å². The summed E-state index contributed by atoms with van der Waals surface area (Å²) in [5, 5.41) is 29.7. The Labute approximate surface area is 112 Å². The number of halogens is 1. The Bertz CT molecular complexity index is 496. The summed E-state index contributed by atoms with van der Waals surface area (Å²) in [6.45, 7) is 1.30. The van der Waals surface area contributed by atoms with Crippen LogP contribution < -0.4 is 0 Å². The number of aliphatic hydroxyl groups excluding tert-OH is 2. The lowest BCUT2D eigenvalue weighted by Gasteiger charge is -2.17. The highest BCUT2D eigenvalue weighted by molar-refractivity contribution is 8.13. The number of non-ortho nitro benzene ring substituents is 1. The lowest BCUT2D eigenvalue weighted by molar-refractivity contribution is -0.385. The smallest absolute Gasteiger partial charge is 0.272 e. The molecule has 0 aliphatic heterocycles. The first-order chi connectivity index (χ1) is 8.81. The quantitative estimate of drug-likeness (QED) is 0.628. The first-order valence-electron chi connectivity index (χ1n) is 5.25. The molecule has 1 rings (SSSR count).